The molecule has 0 saturated heterocycles. The van der Waals surface area contributed by atoms with Gasteiger partial charge in [-0.3, -0.25) is 4.79 Å². The molecular weight excluding hydrogens is 368 g/mol. The fourth-order valence-corrected chi connectivity index (χ4v) is 3.06. The van der Waals surface area contributed by atoms with Crippen LogP contribution >= 0.6 is 11.6 Å². The lowest BCUT2D eigenvalue weighted by Gasteiger charge is -2.14. The summed E-state index contributed by atoms with van der Waals surface area (Å²) >= 11 is 6.17. The summed E-state index contributed by atoms with van der Waals surface area (Å²) in [6, 6.07) is 5.18. The first-order chi connectivity index (χ1) is 12.8. The second-order valence-corrected chi connectivity index (χ2v) is 6.77. The molecule has 3 rings (SSSR count). The predicted molar refractivity (Wildman–Crippen MR) is 105 cm³/mol. The Morgan fingerprint density at radius 3 is 2.52 bits per heavy atom. The first kappa shape index (κ1) is 19.0. The van der Waals surface area contributed by atoms with Gasteiger partial charge in [-0.25, -0.2) is 9.67 Å². The number of nitrogens with one attached hydrogen (secondary N) is 1. The molecular formula is C19H21ClN4O3. The highest BCUT2D eigenvalue weighted by Crippen LogP contribution is 2.36. The number of rotatable bonds is 5. The number of methoxy groups -OCH3 is 2. The summed E-state index contributed by atoms with van der Waals surface area (Å²) in [5.41, 5.74) is 2.27. The number of aromatic nitrogens is 3. The maximum atomic E-state index is 12.8. The Balaban J connectivity index is 1.97. The molecule has 7 nitrogen and oxygen atoms in total. The monoisotopic (exact) mass is 388 g/mol. The average Bonchev–Trinajstić information content (AvgIpc) is 3.04. The van der Waals surface area contributed by atoms with Gasteiger partial charge in [0.1, 0.15) is 11.5 Å². The SMILES string of the molecule is COc1cc(OC)c(NC(=O)c2cc3cnn(C(C)C)c3nc2C)cc1Cl. The first-order valence-electron chi connectivity index (χ1n) is 8.43. The van der Waals surface area contributed by atoms with E-state index in [1.807, 2.05) is 18.5 Å². The molecule has 0 aliphatic rings. The van der Waals surface area contributed by atoms with E-state index in [0.29, 0.717) is 33.5 Å². The van der Waals surface area contributed by atoms with E-state index >= 15 is 0 Å². The highest BCUT2D eigenvalue weighted by molar-refractivity contribution is 6.32. The molecule has 0 atom stereocenters. The van der Waals surface area contributed by atoms with Crippen LogP contribution in [0.2, 0.25) is 5.02 Å². The Morgan fingerprint density at radius 2 is 1.89 bits per heavy atom. The van der Waals surface area contributed by atoms with Crippen molar-refractivity contribution < 1.29 is 14.3 Å². The number of benzene rings is 1. The van der Waals surface area contributed by atoms with Crippen molar-refractivity contribution in [2.75, 3.05) is 19.5 Å². The lowest BCUT2D eigenvalue weighted by Crippen LogP contribution is -2.15. The van der Waals surface area contributed by atoms with Crippen LogP contribution < -0.4 is 14.8 Å². The Labute approximate surface area is 162 Å². The van der Waals surface area contributed by atoms with Gasteiger partial charge in [-0.15, -0.1) is 0 Å². The number of nitrogens with zero attached hydrogens (tertiary/aromatic N) is 3. The van der Waals surface area contributed by atoms with Crippen LogP contribution in [0.4, 0.5) is 5.69 Å². The lowest BCUT2D eigenvalue weighted by atomic mass is 10.1. The summed E-state index contributed by atoms with van der Waals surface area (Å²) in [4.78, 5) is 17.4. The van der Waals surface area contributed by atoms with Crippen molar-refractivity contribution in [3.8, 4) is 11.5 Å². The van der Waals surface area contributed by atoms with Crippen molar-refractivity contribution >= 4 is 34.2 Å². The fraction of sp³-hybridized carbons (Fsp3) is 0.316. The van der Waals surface area contributed by atoms with Crippen molar-refractivity contribution in [3.05, 3.63) is 40.7 Å². The number of fused-ring (bicyclic) bond motifs is 1. The third kappa shape index (κ3) is 3.55. The molecule has 0 bridgehead atoms. The zero-order chi connectivity index (χ0) is 19.7. The van der Waals surface area contributed by atoms with Crippen molar-refractivity contribution in [3.63, 3.8) is 0 Å². The normalized spacial score (nSPS) is 11.1. The molecule has 0 unspecified atom stereocenters. The van der Waals surface area contributed by atoms with Gasteiger partial charge in [0.25, 0.3) is 5.91 Å². The Bertz CT molecular complexity index is 1010. The van der Waals surface area contributed by atoms with Crippen LogP contribution in [0.5, 0.6) is 11.5 Å². The fourth-order valence-electron chi connectivity index (χ4n) is 2.82. The van der Waals surface area contributed by atoms with E-state index in [0.717, 1.165) is 11.0 Å². The van der Waals surface area contributed by atoms with E-state index in [-0.39, 0.29) is 11.9 Å². The summed E-state index contributed by atoms with van der Waals surface area (Å²) in [5.74, 6) is 0.606. The molecule has 0 aliphatic carbocycles. The van der Waals surface area contributed by atoms with Gasteiger partial charge in [0.2, 0.25) is 0 Å². The smallest absolute Gasteiger partial charge is 0.257 e. The highest BCUT2D eigenvalue weighted by Gasteiger charge is 2.18. The number of halogens is 1. The molecule has 0 saturated carbocycles. The molecule has 0 spiro atoms. The van der Waals surface area contributed by atoms with E-state index in [2.05, 4.69) is 15.4 Å². The second kappa shape index (κ2) is 7.44. The van der Waals surface area contributed by atoms with Gasteiger partial charge in [0.05, 0.1) is 42.4 Å². The van der Waals surface area contributed by atoms with Crippen molar-refractivity contribution in [1.82, 2.24) is 14.8 Å². The lowest BCUT2D eigenvalue weighted by molar-refractivity contribution is 0.102. The predicted octanol–water partition coefficient (Wildman–Crippen LogP) is 4.24. The summed E-state index contributed by atoms with van der Waals surface area (Å²) in [5, 5.41) is 8.36. The maximum Gasteiger partial charge on any atom is 0.257 e. The molecule has 1 aromatic carbocycles. The Hall–Kier alpha value is -2.80. The van der Waals surface area contributed by atoms with E-state index in [4.69, 9.17) is 21.1 Å². The minimum atomic E-state index is -0.307. The van der Waals surface area contributed by atoms with E-state index in [9.17, 15) is 4.79 Å². The number of amides is 1. The van der Waals surface area contributed by atoms with Gasteiger partial charge in [0.15, 0.2) is 5.65 Å². The van der Waals surface area contributed by atoms with Crippen LogP contribution in [-0.4, -0.2) is 34.9 Å². The Kier molecular flexibility index (Phi) is 5.23. The molecule has 2 heterocycles. The third-order valence-corrected chi connectivity index (χ3v) is 4.51. The molecule has 0 radical (unpaired) electrons. The molecule has 8 heteroatoms. The summed E-state index contributed by atoms with van der Waals surface area (Å²) in [6.07, 6.45) is 1.71. The molecule has 0 aliphatic heterocycles. The number of hydrogen-bond acceptors (Lipinski definition) is 5. The van der Waals surface area contributed by atoms with Gasteiger partial charge in [0, 0.05) is 17.5 Å². The molecule has 0 fully saturated rings. The molecule has 1 amide bonds. The minimum absolute atomic E-state index is 0.180. The molecule has 2 aromatic heterocycles. The van der Waals surface area contributed by atoms with Crippen LogP contribution in [0.3, 0.4) is 0 Å². The van der Waals surface area contributed by atoms with Gasteiger partial charge in [-0.1, -0.05) is 11.6 Å². The maximum absolute atomic E-state index is 12.8. The number of hydrogen-bond donors (Lipinski definition) is 1. The van der Waals surface area contributed by atoms with Crippen molar-refractivity contribution in [1.29, 1.82) is 0 Å². The minimum Gasteiger partial charge on any atom is -0.495 e. The summed E-state index contributed by atoms with van der Waals surface area (Å²) in [7, 11) is 3.03. The van der Waals surface area contributed by atoms with Gasteiger partial charge < -0.3 is 14.8 Å². The van der Waals surface area contributed by atoms with Gasteiger partial charge >= 0.3 is 0 Å². The molecule has 142 valence electrons. The van der Waals surface area contributed by atoms with Gasteiger partial charge in [-0.2, -0.15) is 5.10 Å². The number of aryl methyl sites for hydroxylation is 1. The zero-order valence-corrected chi connectivity index (χ0v) is 16.6. The average molecular weight is 389 g/mol. The number of ether oxygens (including phenoxy) is 2. The van der Waals surface area contributed by atoms with Crippen LogP contribution in [0.15, 0.2) is 24.4 Å². The van der Waals surface area contributed by atoms with E-state index < -0.39 is 0 Å². The molecule has 3 aromatic rings. The quantitative estimate of drug-likeness (QED) is 0.707. The van der Waals surface area contributed by atoms with E-state index in [1.54, 1.807) is 31.3 Å². The number of anilines is 1. The summed E-state index contributed by atoms with van der Waals surface area (Å²) in [6.45, 7) is 5.86. The van der Waals surface area contributed by atoms with Crippen LogP contribution in [0.1, 0.15) is 35.9 Å². The summed E-state index contributed by atoms with van der Waals surface area (Å²) < 4.78 is 12.3. The highest BCUT2D eigenvalue weighted by atomic mass is 35.5. The molecule has 1 N–H and O–H groups in total. The molecule has 27 heavy (non-hydrogen) atoms. The largest absolute Gasteiger partial charge is 0.495 e. The van der Waals surface area contributed by atoms with Crippen LogP contribution in [-0.2, 0) is 0 Å². The van der Waals surface area contributed by atoms with Crippen molar-refractivity contribution in [2.24, 2.45) is 0 Å². The van der Waals surface area contributed by atoms with Crippen molar-refractivity contribution in [2.45, 2.75) is 26.8 Å². The van der Waals surface area contributed by atoms with E-state index in [1.165, 1.54) is 14.2 Å². The second-order valence-electron chi connectivity index (χ2n) is 6.36. The number of carbonyl (C=O) groups is 1. The standard InChI is InChI=1S/C19H21ClN4O3/c1-10(2)24-18-12(9-21-24)6-13(11(3)22-18)19(25)23-15-7-14(20)16(26-4)8-17(15)27-5/h6-10H,1-5H3,(H,23,25). The third-order valence-electron chi connectivity index (χ3n) is 4.22. The van der Waals surface area contributed by atoms with Crippen LogP contribution in [0.25, 0.3) is 11.0 Å². The Morgan fingerprint density at radius 1 is 1.19 bits per heavy atom. The van der Waals surface area contributed by atoms with Crippen LogP contribution in [0, 0.1) is 6.92 Å². The number of pyridine rings is 1. The van der Waals surface area contributed by atoms with Gasteiger partial charge in [-0.05, 0) is 32.9 Å². The topological polar surface area (TPSA) is 78.3 Å². The first-order valence-corrected chi connectivity index (χ1v) is 8.81. The zero-order valence-electron chi connectivity index (χ0n) is 15.8. The number of carbonyl (C=O) groups excluding carboxylic acids is 1.